The Morgan fingerprint density at radius 3 is 2.47 bits per heavy atom. The van der Waals surface area contributed by atoms with E-state index in [2.05, 4.69) is 25.6 Å². The molecule has 19 heavy (non-hydrogen) atoms. The molecule has 2 N–H and O–H groups in total. The molecule has 7 heteroatoms. The Labute approximate surface area is 113 Å². The van der Waals surface area contributed by atoms with Crippen LogP contribution in [0, 0.1) is 0 Å². The molecule has 0 spiro atoms. The van der Waals surface area contributed by atoms with Gasteiger partial charge in [0.1, 0.15) is 0 Å². The molecule has 1 fully saturated rings. The highest BCUT2D eigenvalue weighted by Gasteiger charge is 2.29. The van der Waals surface area contributed by atoms with E-state index in [1.807, 2.05) is 25.9 Å². The summed E-state index contributed by atoms with van der Waals surface area (Å²) in [6.07, 6.45) is 2.35. The van der Waals surface area contributed by atoms with Gasteiger partial charge < -0.3 is 20.3 Å². The second-order valence-electron chi connectivity index (χ2n) is 4.88. The summed E-state index contributed by atoms with van der Waals surface area (Å²) >= 11 is 0. The van der Waals surface area contributed by atoms with Crippen LogP contribution in [0.5, 0.6) is 0 Å². The first-order valence-electron chi connectivity index (χ1n) is 6.59. The van der Waals surface area contributed by atoms with Crippen molar-refractivity contribution in [3.63, 3.8) is 0 Å². The number of hydrogen-bond donors (Lipinski definition) is 2. The third kappa shape index (κ3) is 3.44. The van der Waals surface area contributed by atoms with Crippen LogP contribution in [0.1, 0.15) is 19.8 Å². The molecule has 0 unspecified atom stereocenters. The standard InChI is InChI=1S/C12H22N6O/c1-5-13-10-15-11(17-12(16-10)18(2)3)14-8-6-9(7-8)19-4/h8-9H,5-7H2,1-4H3,(H2,13,14,15,16,17). The highest BCUT2D eigenvalue weighted by atomic mass is 16.5. The van der Waals surface area contributed by atoms with Crippen molar-refractivity contribution in [2.24, 2.45) is 0 Å². The van der Waals surface area contributed by atoms with Gasteiger partial charge in [-0.15, -0.1) is 0 Å². The molecule has 0 bridgehead atoms. The lowest BCUT2D eigenvalue weighted by molar-refractivity contribution is 0.0327. The number of hydrogen-bond acceptors (Lipinski definition) is 7. The van der Waals surface area contributed by atoms with Crippen LogP contribution >= 0.6 is 0 Å². The molecule has 1 aromatic rings. The number of ether oxygens (including phenoxy) is 1. The van der Waals surface area contributed by atoms with Crippen LogP contribution in [0.15, 0.2) is 0 Å². The van der Waals surface area contributed by atoms with Crippen LogP contribution in [0.4, 0.5) is 17.8 Å². The lowest BCUT2D eigenvalue weighted by Crippen LogP contribution is -2.40. The number of nitrogens with zero attached hydrogens (tertiary/aromatic N) is 4. The average Bonchev–Trinajstić information content (AvgIpc) is 2.33. The minimum atomic E-state index is 0.362. The van der Waals surface area contributed by atoms with Crippen LogP contribution < -0.4 is 15.5 Å². The second-order valence-corrected chi connectivity index (χ2v) is 4.88. The van der Waals surface area contributed by atoms with Gasteiger partial charge in [-0.1, -0.05) is 0 Å². The normalized spacial score (nSPS) is 21.7. The molecule has 7 nitrogen and oxygen atoms in total. The van der Waals surface area contributed by atoms with E-state index in [1.54, 1.807) is 7.11 Å². The summed E-state index contributed by atoms with van der Waals surface area (Å²) in [5, 5.41) is 6.45. The molecule has 0 aliphatic heterocycles. The second kappa shape index (κ2) is 6.01. The summed E-state index contributed by atoms with van der Waals surface area (Å²) in [4.78, 5) is 15.0. The molecule has 0 saturated heterocycles. The maximum atomic E-state index is 5.26. The first kappa shape index (κ1) is 13.8. The quantitative estimate of drug-likeness (QED) is 0.794. The Morgan fingerprint density at radius 2 is 1.89 bits per heavy atom. The summed E-state index contributed by atoms with van der Waals surface area (Å²) in [6, 6.07) is 0.386. The molecule has 1 saturated carbocycles. The summed E-state index contributed by atoms with van der Waals surface area (Å²) in [5.74, 6) is 1.87. The van der Waals surface area contributed by atoms with Crippen LogP contribution in [0.2, 0.25) is 0 Å². The van der Waals surface area contributed by atoms with Crippen molar-refractivity contribution < 1.29 is 4.74 Å². The van der Waals surface area contributed by atoms with Crippen molar-refractivity contribution in [2.75, 3.05) is 43.3 Å². The van der Waals surface area contributed by atoms with E-state index in [0.29, 0.717) is 30.0 Å². The van der Waals surface area contributed by atoms with E-state index in [0.717, 1.165) is 19.4 Å². The monoisotopic (exact) mass is 266 g/mol. The van der Waals surface area contributed by atoms with E-state index in [1.165, 1.54) is 0 Å². The zero-order chi connectivity index (χ0) is 13.8. The van der Waals surface area contributed by atoms with Gasteiger partial charge in [-0.2, -0.15) is 15.0 Å². The van der Waals surface area contributed by atoms with Gasteiger partial charge in [0.25, 0.3) is 0 Å². The van der Waals surface area contributed by atoms with E-state index >= 15 is 0 Å². The molecule has 1 aliphatic carbocycles. The highest BCUT2D eigenvalue weighted by Crippen LogP contribution is 2.25. The first-order valence-corrected chi connectivity index (χ1v) is 6.59. The molecule has 0 amide bonds. The van der Waals surface area contributed by atoms with Gasteiger partial charge in [0.15, 0.2) is 0 Å². The largest absolute Gasteiger partial charge is 0.381 e. The average molecular weight is 266 g/mol. The molecule has 1 heterocycles. The predicted octanol–water partition coefficient (Wildman–Crippen LogP) is 0.959. The molecular weight excluding hydrogens is 244 g/mol. The van der Waals surface area contributed by atoms with E-state index in [-0.39, 0.29) is 0 Å². The number of rotatable bonds is 6. The topological polar surface area (TPSA) is 75.2 Å². The number of aromatic nitrogens is 3. The first-order chi connectivity index (χ1) is 9.12. The van der Waals surface area contributed by atoms with Crippen molar-refractivity contribution in [2.45, 2.75) is 31.9 Å². The Kier molecular flexibility index (Phi) is 4.36. The minimum absolute atomic E-state index is 0.362. The van der Waals surface area contributed by atoms with Crippen molar-refractivity contribution in [3.05, 3.63) is 0 Å². The third-order valence-electron chi connectivity index (χ3n) is 3.12. The summed E-state index contributed by atoms with van der Waals surface area (Å²) in [6.45, 7) is 2.80. The summed E-state index contributed by atoms with van der Waals surface area (Å²) in [5.41, 5.74) is 0. The number of methoxy groups -OCH3 is 1. The number of nitrogens with one attached hydrogen (secondary N) is 2. The van der Waals surface area contributed by atoms with Gasteiger partial charge in [0, 0.05) is 33.8 Å². The minimum Gasteiger partial charge on any atom is -0.381 e. The van der Waals surface area contributed by atoms with Crippen molar-refractivity contribution in [1.82, 2.24) is 15.0 Å². The Morgan fingerprint density at radius 1 is 1.21 bits per heavy atom. The lowest BCUT2D eigenvalue weighted by Gasteiger charge is -2.34. The maximum Gasteiger partial charge on any atom is 0.231 e. The summed E-state index contributed by atoms with van der Waals surface area (Å²) in [7, 11) is 5.58. The predicted molar refractivity (Wildman–Crippen MR) is 75.8 cm³/mol. The van der Waals surface area contributed by atoms with Gasteiger partial charge in [0.05, 0.1) is 6.10 Å². The Bertz CT molecular complexity index is 419. The fourth-order valence-electron chi connectivity index (χ4n) is 1.92. The van der Waals surface area contributed by atoms with E-state index < -0.39 is 0 Å². The maximum absolute atomic E-state index is 5.26. The molecule has 0 radical (unpaired) electrons. The molecular formula is C12H22N6O. The fourth-order valence-corrected chi connectivity index (χ4v) is 1.92. The Balaban J connectivity index is 2.06. The lowest BCUT2D eigenvalue weighted by atomic mass is 9.89. The molecule has 1 aromatic heterocycles. The molecule has 0 atom stereocenters. The van der Waals surface area contributed by atoms with Crippen LogP contribution in [0.25, 0.3) is 0 Å². The zero-order valence-electron chi connectivity index (χ0n) is 12.0. The zero-order valence-corrected chi connectivity index (χ0v) is 12.0. The van der Waals surface area contributed by atoms with Gasteiger partial charge >= 0.3 is 0 Å². The van der Waals surface area contributed by atoms with E-state index in [9.17, 15) is 0 Å². The smallest absolute Gasteiger partial charge is 0.231 e. The molecule has 0 aromatic carbocycles. The molecule has 2 rings (SSSR count). The van der Waals surface area contributed by atoms with Crippen LogP contribution in [0.3, 0.4) is 0 Å². The van der Waals surface area contributed by atoms with E-state index in [4.69, 9.17) is 4.74 Å². The van der Waals surface area contributed by atoms with Crippen LogP contribution in [-0.4, -0.2) is 54.8 Å². The van der Waals surface area contributed by atoms with Crippen molar-refractivity contribution >= 4 is 17.8 Å². The van der Waals surface area contributed by atoms with Crippen LogP contribution in [-0.2, 0) is 4.74 Å². The van der Waals surface area contributed by atoms with Gasteiger partial charge in [-0.25, -0.2) is 0 Å². The third-order valence-corrected chi connectivity index (χ3v) is 3.12. The molecule has 1 aliphatic rings. The summed E-state index contributed by atoms with van der Waals surface area (Å²) < 4.78 is 5.26. The van der Waals surface area contributed by atoms with Crippen molar-refractivity contribution in [3.8, 4) is 0 Å². The van der Waals surface area contributed by atoms with Gasteiger partial charge in [0.2, 0.25) is 17.8 Å². The van der Waals surface area contributed by atoms with Crippen molar-refractivity contribution in [1.29, 1.82) is 0 Å². The van der Waals surface area contributed by atoms with Gasteiger partial charge in [-0.05, 0) is 19.8 Å². The van der Waals surface area contributed by atoms with Gasteiger partial charge in [-0.3, -0.25) is 0 Å². The Hall–Kier alpha value is -1.63. The molecule has 106 valence electrons. The fraction of sp³-hybridized carbons (Fsp3) is 0.750. The number of anilines is 3. The highest BCUT2D eigenvalue weighted by molar-refractivity contribution is 5.43. The SMILES string of the molecule is CCNc1nc(NC2CC(OC)C2)nc(N(C)C)n1.